The topological polar surface area (TPSA) is 33.2 Å². The molecule has 0 aliphatic rings. The Morgan fingerprint density at radius 2 is 2.27 bits per heavy atom. The van der Waals surface area contributed by atoms with Gasteiger partial charge in [0.15, 0.2) is 5.95 Å². The summed E-state index contributed by atoms with van der Waals surface area (Å²) in [6, 6.07) is 3.14. The van der Waals surface area contributed by atoms with E-state index in [0.29, 0.717) is 0 Å². The molecule has 1 amide bonds. The molecule has 0 aliphatic heterocycles. The number of aromatic nitrogens is 1. The minimum absolute atomic E-state index is 0.163. The highest BCUT2D eigenvalue weighted by molar-refractivity contribution is 9.10. The van der Waals surface area contributed by atoms with Gasteiger partial charge in [-0.25, -0.2) is 9.88 Å². The summed E-state index contributed by atoms with van der Waals surface area (Å²) in [4.78, 5) is 15.9. The van der Waals surface area contributed by atoms with Crippen LogP contribution >= 0.6 is 15.9 Å². The quantitative estimate of drug-likeness (QED) is 0.625. The van der Waals surface area contributed by atoms with Gasteiger partial charge in [0.2, 0.25) is 0 Å². The summed E-state index contributed by atoms with van der Waals surface area (Å²) < 4.78 is 13.7. The summed E-state index contributed by atoms with van der Waals surface area (Å²) in [6.07, 6.45) is 2.45. The molecule has 0 aromatic carbocycles. The molecule has 0 saturated heterocycles. The van der Waals surface area contributed by atoms with E-state index in [2.05, 4.69) is 34.1 Å². The van der Waals surface area contributed by atoms with Crippen LogP contribution in [0.5, 0.6) is 0 Å². The van der Waals surface area contributed by atoms with Crippen molar-refractivity contribution in [3.05, 3.63) is 48.0 Å². The summed E-state index contributed by atoms with van der Waals surface area (Å²) >= 11 is 3.18. The molecule has 1 aromatic rings. The molecule has 3 nitrogen and oxygen atoms in total. The van der Waals surface area contributed by atoms with E-state index >= 15 is 0 Å². The van der Waals surface area contributed by atoms with Crippen LogP contribution in [0.1, 0.15) is 0 Å². The predicted molar refractivity (Wildman–Crippen MR) is 59.9 cm³/mol. The summed E-state index contributed by atoms with van der Waals surface area (Å²) in [5, 5.41) is 0. The third kappa shape index (κ3) is 2.73. The lowest BCUT2D eigenvalue weighted by molar-refractivity contribution is -0.114. The Kier molecular flexibility index (Phi) is 3.74. The smallest absolute Gasteiger partial charge is 0.257 e. The number of carbonyl (C=O) groups excluding carboxylic acids is 1. The fourth-order valence-corrected chi connectivity index (χ4v) is 1.18. The zero-order valence-electron chi connectivity index (χ0n) is 7.78. The van der Waals surface area contributed by atoms with Gasteiger partial charge in [0.05, 0.1) is 0 Å². The first kappa shape index (κ1) is 11.6. The van der Waals surface area contributed by atoms with Crippen molar-refractivity contribution in [2.45, 2.75) is 0 Å². The van der Waals surface area contributed by atoms with Crippen molar-refractivity contribution in [1.82, 2.24) is 4.98 Å². The highest BCUT2D eigenvalue weighted by atomic mass is 79.9. The first-order valence-corrected chi connectivity index (χ1v) is 4.78. The monoisotopic (exact) mass is 270 g/mol. The third-order valence-electron chi connectivity index (χ3n) is 1.58. The van der Waals surface area contributed by atoms with Gasteiger partial charge in [-0.3, -0.25) is 4.79 Å². The zero-order valence-corrected chi connectivity index (χ0v) is 9.37. The van der Waals surface area contributed by atoms with E-state index < -0.39 is 11.9 Å². The van der Waals surface area contributed by atoms with E-state index in [4.69, 9.17) is 0 Å². The Balaban J connectivity index is 3.10. The van der Waals surface area contributed by atoms with Crippen molar-refractivity contribution in [2.75, 3.05) is 4.90 Å². The molecule has 0 fully saturated rings. The molecule has 0 radical (unpaired) electrons. The molecule has 0 unspecified atom stereocenters. The molecule has 78 valence electrons. The summed E-state index contributed by atoms with van der Waals surface area (Å²) in [5.41, 5.74) is 0. The number of carbonyl (C=O) groups is 1. The number of amides is 1. The fraction of sp³-hybridized carbons (Fsp3) is 0. The van der Waals surface area contributed by atoms with E-state index in [1.807, 2.05) is 0 Å². The Hall–Kier alpha value is -1.49. The predicted octanol–water partition coefficient (Wildman–Crippen LogP) is 2.80. The molecule has 0 spiro atoms. The van der Waals surface area contributed by atoms with E-state index in [-0.39, 0.29) is 5.82 Å². The Bertz CT molecular complexity index is 402. The highest BCUT2D eigenvalue weighted by Gasteiger charge is 2.17. The minimum Gasteiger partial charge on any atom is -0.269 e. The van der Waals surface area contributed by atoms with E-state index in [9.17, 15) is 9.18 Å². The Labute approximate surface area is 95.1 Å². The molecule has 0 atom stereocenters. The maximum Gasteiger partial charge on any atom is 0.257 e. The molecule has 15 heavy (non-hydrogen) atoms. The molecule has 1 aromatic heterocycles. The van der Waals surface area contributed by atoms with Crippen LogP contribution in [-0.4, -0.2) is 10.9 Å². The van der Waals surface area contributed by atoms with Crippen LogP contribution in [0.25, 0.3) is 0 Å². The molecule has 0 bridgehead atoms. The average molecular weight is 271 g/mol. The second kappa shape index (κ2) is 4.84. The second-order valence-corrected chi connectivity index (χ2v) is 3.50. The lowest BCUT2D eigenvalue weighted by Gasteiger charge is -2.16. The van der Waals surface area contributed by atoms with E-state index in [0.717, 1.165) is 15.4 Å². The van der Waals surface area contributed by atoms with Crippen LogP contribution in [0.4, 0.5) is 10.2 Å². The maximum absolute atomic E-state index is 13.0. The van der Waals surface area contributed by atoms with Gasteiger partial charge >= 0.3 is 0 Å². The SMILES string of the molecule is C=CC(=O)N(C(=C)F)c1ccc(Br)cn1. The summed E-state index contributed by atoms with van der Waals surface area (Å²) in [6.45, 7) is 6.33. The van der Waals surface area contributed by atoms with Crippen molar-refractivity contribution in [2.24, 2.45) is 0 Å². The van der Waals surface area contributed by atoms with Crippen LogP contribution < -0.4 is 4.90 Å². The fourth-order valence-electron chi connectivity index (χ4n) is 0.948. The van der Waals surface area contributed by atoms with Crippen molar-refractivity contribution in [3.8, 4) is 0 Å². The van der Waals surface area contributed by atoms with Crippen LogP contribution in [0.2, 0.25) is 0 Å². The first-order chi connectivity index (χ1) is 7.06. The van der Waals surface area contributed by atoms with Crippen molar-refractivity contribution in [3.63, 3.8) is 0 Å². The number of nitrogens with zero attached hydrogens (tertiary/aromatic N) is 2. The van der Waals surface area contributed by atoms with Crippen LogP contribution in [0.15, 0.2) is 48.0 Å². The standard InChI is InChI=1S/C10H8BrFN2O/c1-3-10(15)14(7(2)12)9-5-4-8(11)6-13-9/h3-6H,1-2H2. The molecule has 1 heterocycles. The van der Waals surface area contributed by atoms with Gasteiger partial charge in [0.25, 0.3) is 5.91 Å². The molecule has 0 N–H and O–H groups in total. The van der Waals surface area contributed by atoms with Crippen molar-refractivity contribution >= 4 is 27.7 Å². The van der Waals surface area contributed by atoms with E-state index in [1.165, 1.54) is 12.3 Å². The minimum atomic E-state index is -0.894. The van der Waals surface area contributed by atoms with Gasteiger partial charge in [-0.2, -0.15) is 4.39 Å². The number of hydrogen-bond acceptors (Lipinski definition) is 2. The maximum atomic E-state index is 13.0. The molecular weight excluding hydrogens is 263 g/mol. The van der Waals surface area contributed by atoms with Gasteiger partial charge < -0.3 is 0 Å². The molecule has 5 heteroatoms. The highest BCUT2D eigenvalue weighted by Crippen LogP contribution is 2.19. The van der Waals surface area contributed by atoms with E-state index in [1.54, 1.807) is 6.07 Å². The van der Waals surface area contributed by atoms with Gasteiger partial charge in [-0.15, -0.1) is 0 Å². The molecular formula is C10H8BrFN2O. The Morgan fingerprint density at radius 3 is 2.67 bits per heavy atom. The van der Waals surface area contributed by atoms with Crippen LogP contribution in [0, 0.1) is 0 Å². The first-order valence-electron chi connectivity index (χ1n) is 3.98. The van der Waals surface area contributed by atoms with Gasteiger partial charge in [-0.05, 0) is 40.7 Å². The lowest BCUT2D eigenvalue weighted by atomic mass is 10.4. The molecule has 0 aliphatic carbocycles. The van der Waals surface area contributed by atoms with Gasteiger partial charge in [-0.1, -0.05) is 6.58 Å². The molecule has 1 rings (SSSR count). The molecule has 0 saturated carbocycles. The number of anilines is 1. The zero-order chi connectivity index (χ0) is 11.4. The van der Waals surface area contributed by atoms with Crippen LogP contribution in [0.3, 0.4) is 0 Å². The van der Waals surface area contributed by atoms with Gasteiger partial charge in [0, 0.05) is 10.7 Å². The number of halogens is 2. The third-order valence-corrected chi connectivity index (χ3v) is 2.05. The van der Waals surface area contributed by atoms with Crippen molar-refractivity contribution in [1.29, 1.82) is 0 Å². The Morgan fingerprint density at radius 1 is 1.60 bits per heavy atom. The summed E-state index contributed by atoms with van der Waals surface area (Å²) in [5.74, 6) is -1.34. The second-order valence-electron chi connectivity index (χ2n) is 2.59. The largest absolute Gasteiger partial charge is 0.269 e. The van der Waals surface area contributed by atoms with Crippen molar-refractivity contribution < 1.29 is 9.18 Å². The number of hydrogen-bond donors (Lipinski definition) is 0. The van der Waals surface area contributed by atoms with Crippen LogP contribution in [-0.2, 0) is 4.79 Å². The average Bonchev–Trinajstić information content (AvgIpc) is 2.20. The number of pyridine rings is 1. The number of rotatable bonds is 3. The summed E-state index contributed by atoms with van der Waals surface area (Å²) in [7, 11) is 0. The van der Waals surface area contributed by atoms with Gasteiger partial charge in [0.1, 0.15) is 5.82 Å². The lowest BCUT2D eigenvalue weighted by Crippen LogP contribution is -2.26. The normalized spacial score (nSPS) is 9.47.